The molecule has 35 heavy (non-hydrogen) atoms. The van der Waals surface area contributed by atoms with E-state index in [1.165, 1.54) is 23.9 Å². The Morgan fingerprint density at radius 2 is 1.46 bits per heavy atom. The van der Waals surface area contributed by atoms with Crippen LogP contribution in [0.3, 0.4) is 0 Å². The standard InChI is InChI=1S/C26H18F3N3OS2/c27-26(28,29)20-12-8-18(9-13-20)16-35-25-31-23(22(14-30)24(33)32-25)19-10-6-17(7-11-19)15-34-21-4-2-1-3-5-21/h1-13H,15-16H2,(H,31,32,33). The second-order valence-electron chi connectivity index (χ2n) is 7.49. The molecule has 0 saturated heterocycles. The summed E-state index contributed by atoms with van der Waals surface area (Å²) in [5, 5.41) is 9.79. The number of nitrogens with zero attached hydrogens (tertiary/aromatic N) is 2. The maximum Gasteiger partial charge on any atom is 0.416 e. The van der Waals surface area contributed by atoms with Crippen LogP contribution in [0.4, 0.5) is 13.2 Å². The van der Waals surface area contributed by atoms with Crippen molar-refractivity contribution >= 4 is 23.5 Å². The lowest BCUT2D eigenvalue weighted by molar-refractivity contribution is -0.137. The van der Waals surface area contributed by atoms with E-state index in [1.807, 2.05) is 60.7 Å². The molecule has 0 amide bonds. The van der Waals surface area contributed by atoms with Gasteiger partial charge in [0, 0.05) is 22.0 Å². The number of nitriles is 1. The average Bonchev–Trinajstić information content (AvgIpc) is 2.86. The van der Waals surface area contributed by atoms with Crippen LogP contribution in [-0.2, 0) is 17.7 Å². The lowest BCUT2D eigenvalue weighted by Crippen LogP contribution is -2.14. The molecule has 4 nitrogen and oxygen atoms in total. The second kappa shape index (κ2) is 10.8. The van der Waals surface area contributed by atoms with Gasteiger partial charge in [0.25, 0.3) is 5.56 Å². The maximum absolute atomic E-state index is 12.8. The van der Waals surface area contributed by atoms with E-state index in [0.717, 1.165) is 28.3 Å². The van der Waals surface area contributed by atoms with Gasteiger partial charge in [-0.05, 0) is 35.4 Å². The normalized spacial score (nSPS) is 11.3. The number of thioether (sulfide) groups is 2. The summed E-state index contributed by atoms with van der Waals surface area (Å²) in [5.74, 6) is 1.08. The van der Waals surface area contributed by atoms with Crippen molar-refractivity contribution in [3.05, 3.63) is 111 Å². The molecule has 0 aliphatic rings. The van der Waals surface area contributed by atoms with Gasteiger partial charge in [-0.25, -0.2) is 4.98 Å². The largest absolute Gasteiger partial charge is 0.416 e. The number of aromatic amines is 1. The third kappa shape index (κ3) is 6.35. The van der Waals surface area contributed by atoms with Crippen LogP contribution in [-0.4, -0.2) is 9.97 Å². The molecule has 0 saturated carbocycles. The number of H-pyrrole nitrogens is 1. The van der Waals surface area contributed by atoms with Gasteiger partial charge in [0.1, 0.15) is 11.6 Å². The van der Waals surface area contributed by atoms with Crippen molar-refractivity contribution in [3.63, 3.8) is 0 Å². The van der Waals surface area contributed by atoms with Gasteiger partial charge in [0.15, 0.2) is 5.16 Å². The summed E-state index contributed by atoms with van der Waals surface area (Å²) < 4.78 is 38.3. The molecule has 0 aliphatic heterocycles. The minimum Gasteiger partial charge on any atom is -0.300 e. The van der Waals surface area contributed by atoms with Crippen molar-refractivity contribution in [3.8, 4) is 17.3 Å². The minimum atomic E-state index is -4.39. The Morgan fingerprint density at radius 3 is 2.06 bits per heavy atom. The fraction of sp³-hybridized carbons (Fsp3) is 0.115. The van der Waals surface area contributed by atoms with Gasteiger partial charge >= 0.3 is 6.18 Å². The van der Waals surface area contributed by atoms with E-state index in [-0.39, 0.29) is 16.4 Å². The van der Waals surface area contributed by atoms with Crippen LogP contribution >= 0.6 is 23.5 Å². The Labute approximate surface area is 208 Å². The zero-order valence-electron chi connectivity index (χ0n) is 18.2. The molecule has 1 N–H and O–H groups in total. The molecule has 176 valence electrons. The van der Waals surface area contributed by atoms with Crippen LogP contribution in [0.1, 0.15) is 22.3 Å². The summed E-state index contributed by atoms with van der Waals surface area (Å²) >= 11 is 2.88. The molecule has 1 aromatic heterocycles. The SMILES string of the molecule is N#Cc1c(-c2ccc(CSc3ccccc3)cc2)nc(SCc2ccc(C(F)(F)F)cc2)[nH]c1=O. The number of alkyl halides is 3. The van der Waals surface area contributed by atoms with Crippen LogP contribution < -0.4 is 5.56 Å². The first-order valence-electron chi connectivity index (χ1n) is 10.4. The van der Waals surface area contributed by atoms with Crippen molar-refractivity contribution < 1.29 is 13.2 Å². The van der Waals surface area contributed by atoms with Crippen molar-refractivity contribution in [2.75, 3.05) is 0 Å². The number of hydrogen-bond acceptors (Lipinski definition) is 5. The third-order valence-corrected chi connectivity index (χ3v) is 7.07. The summed E-state index contributed by atoms with van der Waals surface area (Å²) in [4.78, 5) is 20.7. The summed E-state index contributed by atoms with van der Waals surface area (Å²) in [7, 11) is 0. The highest BCUT2D eigenvalue weighted by Crippen LogP contribution is 2.30. The number of halogens is 3. The molecular weight excluding hydrogens is 491 g/mol. The number of rotatable bonds is 7. The Kier molecular flexibility index (Phi) is 7.63. The van der Waals surface area contributed by atoms with Crippen LogP contribution in [0.5, 0.6) is 0 Å². The molecular formula is C26H18F3N3OS2. The van der Waals surface area contributed by atoms with Crippen LogP contribution in [0.15, 0.2) is 93.7 Å². The third-order valence-electron chi connectivity index (χ3n) is 5.04. The molecule has 9 heteroatoms. The van der Waals surface area contributed by atoms with Gasteiger partial charge in [-0.3, -0.25) is 4.79 Å². The van der Waals surface area contributed by atoms with E-state index in [1.54, 1.807) is 11.8 Å². The zero-order valence-corrected chi connectivity index (χ0v) is 19.8. The Hall–Kier alpha value is -3.48. The summed E-state index contributed by atoms with van der Waals surface area (Å²) in [6.45, 7) is 0. The molecule has 0 spiro atoms. The lowest BCUT2D eigenvalue weighted by Gasteiger charge is -2.09. The summed E-state index contributed by atoms with van der Waals surface area (Å²) in [6.07, 6.45) is -4.39. The van der Waals surface area contributed by atoms with Gasteiger partial charge in [0.2, 0.25) is 0 Å². The maximum atomic E-state index is 12.8. The smallest absolute Gasteiger partial charge is 0.300 e. The molecule has 3 aromatic carbocycles. The number of aromatic nitrogens is 2. The quantitative estimate of drug-likeness (QED) is 0.217. The highest BCUT2D eigenvalue weighted by molar-refractivity contribution is 7.98. The van der Waals surface area contributed by atoms with E-state index in [4.69, 9.17) is 0 Å². The van der Waals surface area contributed by atoms with E-state index in [0.29, 0.717) is 16.9 Å². The van der Waals surface area contributed by atoms with E-state index in [9.17, 15) is 23.2 Å². The van der Waals surface area contributed by atoms with E-state index >= 15 is 0 Å². The highest BCUT2D eigenvalue weighted by atomic mass is 32.2. The molecule has 0 atom stereocenters. The van der Waals surface area contributed by atoms with Gasteiger partial charge in [0.05, 0.1) is 11.3 Å². The predicted molar refractivity (Wildman–Crippen MR) is 132 cm³/mol. The van der Waals surface area contributed by atoms with Crippen LogP contribution in [0.25, 0.3) is 11.3 Å². The first-order valence-corrected chi connectivity index (χ1v) is 12.4. The highest BCUT2D eigenvalue weighted by Gasteiger charge is 2.29. The monoisotopic (exact) mass is 509 g/mol. The molecule has 0 radical (unpaired) electrons. The number of benzene rings is 3. The molecule has 0 aliphatic carbocycles. The van der Waals surface area contributed by atoms with Crippen LogP contribution in [0, 0.1) is 11.3 Å². The second-order valence-corrected chi connectivity index (χ2v) is 9.50. The van der Waals surface area contributed by atoms with Crippen molar-refractivity contribution in [2.45, 2.75) is 27.7 Å². The fourth-order valence-electron chi connectivity index (χ4n) is 3.22. The van der Waals surface area contributed by atoms with Gasteiger partial charge in [-0.2, -0.15) is 18.4 Å². The number of nitrogens with one attached hydrogen (secondary N) is 1. The van der Waals surface area contributed by atoms with Crippen molar-refractivity contribution in [2.24, 2.45) is 0 Å². The minimum absolute atomic E-state index is 0.0877. The number of hydrogen-bond donors (Lipinski definition) is 1. The summed E-state index contributed by atoms with van der Waals surface area (Å²) in [5.41, 5.74) is 1.28. The first kappa shape index (κ1) is 24.6. The molecule has 0 bridgehead atoms. The Balaban J connectivity index is 1.50. The fourth-order valence-corrected chi connectivity index (χ4v) is 4.91. The molecule has 0 unspecified atom stereocenters. The molecule has 1 heterocycles. The van der Waals surface area contributed by atoms with E-state index in [2.05, 4.69) is 9.97 Å². The summed E-state index contributed by atoms with van der Waals surface area (Å²) in [6, 6.07) is 24.3. The lowest BCUT2D eigenvalue weighted by atomic mass is 10.1. The van der Waals surface area contributed by atoms with Gasteiger partial charge in [-0.1, -0.05) is 66.4 Å². The Morgan fingerprint density at radius 1 is 0.857 bits per heavy atom. The molecule has 0 fully saturated rings. The van der Waals surface area contributed by atoms with Gasteiger partial charge < -0.3 is 4.98 Å². The molecule has 4 aromatic rings. The van der Waals surface area contributed by atoms with Gasteiger partial charge in [-0.15, -0.1) is 11.8 Å². The average molecular weight is 510 g/mol. The van der Waals surface area contributed by atoms with E-state index < -0.39 is 17.3 Å². The zero-order chi connectivity index (χ0) is 24.8. The first-order chi connectivity index (χ1) is 16.8. The van der Waals surface area contributed by atoms with Crippen LogP contribution in [0.2, 0.25) is 0 Å². The molecule has 4 rings (SSSR count). The van der Waals surface area contributed by atoms with Crippen molar-refractivity contribution in [1.29, 1.82) is 5.26 Å². The topological polar surface area (TPSA) is 69.5 Å². The van der Waals surface area contributed by atoms with Crippen molar-refractivity contribution in [1.82, 2.24) is 9.97 Å². The Bertz CT molecular complexity index is 1400. The predicted octanol–water partition coefficient (Wildman–Crippen LogP) is 6.91.